The van der Waals surface area contributed by atoms with Crippen LogP contribution >= 0.6 is 21.6 Å². The average molecular weight is 212 g/mol. The van der Waals surface area contributed by atoms with Crippen molar-refractivity contribution < 1.29 is 4.79 Å². The minimum Gasteiger partial charge on any atom is -0.408 e. The molecule has 0 aromatic rings. The maximum Gasteiger partial charge on any atom is 0.226 e. The van der Waals surface area contributed by atoms with Crippen LogP contribution in [-0.4, -0.2) is 45.2 Å². The van der Waals surface area contributed by atoms with Gasteiger partial charge in [0.1, 0.15) is 7.85 Å². The zero-order valence-electron chi connectivity index (χ0n) is 7.16. The second-order valence-electron chi connectivity index (χ2n) is 2.75. The van der Waals surface area contributed by atoms with E-state index in [1.807, 2.05) is 16.0 Å². The van der Waals surface area contributed by atoms with E-state index < -0.39 is 5.94 Å². The van der Waals surface area contributed by atoms with Crippen molar-refractivity contribution in [3.8, 4) is 0 Å². The van der Waals surface area contributed by atoms with Crippen LogP contribution in [0.5, 0.6) is 0 Å². The number of hydrogen-bond donors (Lipinski definition) is 2. The molecule has 0 bridgehead atoms. The van der Waals surface area contributed by atoms with Crippen molar-refractivity contribution in [2.24, 2.45) is 0 Å². The summed E-state index contributed by atoms with van der Waals surface area (Å²) in [6.45, 7) is 0. The molecule has 13 heavy (non-hydrogen) atoms. The van der Waals surface area contributed by atoms with Gasteiger partial charge in [-0.2, -0.15) is 0 Å². The molecule has 1 fully saturated rings. The van der Waals surface area contributed by atoms with Crippen molar-refractivity contribution in [1.29, 1.82) is 0 Å². The Kier molecular flexibility index (Phi) is 5.13. The first kappa shape index (κ1) is 11.3. The van der Waals surface area contributed by atoms with Crippen molar-refractivity contribution in [2.45, 2.75) is 18.4 Å². The summed E-state index contributed by atoms with van der Waals surface area (Å²) in [6, 6.07) is 0.318. The van der Waals surface area contributed by atoms with Crippen molar-refractivity contribution in [3.63, 3.8) is 0 Å². The van der Waals surface area contributed by atoms with Gasteiger partial charge in [-0.05, 0) is 6.42 Å². The fourth-order valence-electron chi connectivity index (χ4n) is 1.01. The van der Waals surface area contributed by atoms with Crippen molar-refractivity contribution in [2.75, 3.05) is 11.5 Å². The maximum absolute atomic E-state index is 10.9. The lowest BCUT2D eigenvalue weighted by Gasteiger charge is -2.25. The van der Waals surface area contributed by atoms with Gasteiger partial charge in [-0.3, -0.25) is 4.79 Å². The van der Waals surface area contributed by atoms with Crippen molar-refractivity contribution in [3.05, 3.63) is 0 Å². The monoisotopic (exact) mass is 212 g/mol. The highest BCUT2D eigenvalue weighted by atomic mass is 33.1. The quantitative estimate of drug-likeness (QED) is 0.485. The number of amides is 1. The van der Waals surface area contributed by atoms with Gasteiger partial charge in [0.2, 0.25) is 13.9 Å². The lowest BCUT2D eigenvalue weighted by molar-refractivity contribution is -0.119. The first-order chi connectivity index (χ1) is 6.24. The van der Waals surface area contributed by atoms with Gasteiger partial charge in [-0.15, -0.1) is 0 Å². The molecule has 2 atom stereocenters. The molecule has 0 aliphatic carbocycles. The summed E-state index contributed by atoms with van der Waals surface area (Å²) in [6.07, 6.45) is 1.04. The Bertz CT molecular complexity index is 178. The average Bonchev–Trinajstić information content (AvgIpc) is 2.18. The van der Waals surface area contributed by atoms with Crippen LogP contribution in [0.3, 0.4) is 0 Å². The molecule has 7 heteroatoms. The number of carbonyl (C=O) groups is 1. The molecule has 2 N–H and O–H groups in total. The van der Waals surface area contributed by atoms with E-state index in [4.69, 9.17) is 15.8 Å². The molecule has 0 spiro atoms. The summed E-state index contributed by atoms with van der Waals surface area (Å²) in [5, 5.41) is 5.04. The normalized spacial score (nSPS) is 25.1. The Morgan fingerprint density at radius 3 is 2.85 bits per heavy atom. The fourth-order valence-corrected chi connectivity index (χ4v) is 3.46. The molecule has 1 aliphatic rings. The molecule has 3 nitrogen and oxygen atoms in total. The first-order valence-corrected chi connectivity index (χ1v) is 6.49. The standard InChI is InChI=1S/C6H10B2N2OS2/c7-5(6(11)10-8)9-4-1-2-12-13-3-4/h4-5,9H,1-3H2,(H,10,11). The Morgan fingerprint density at radius 1 is 1.54 bits per heavy atom. The van der Waals surface area contributed by atoms with Gasteiger partial charge >= 0.3 is 0 Å². The van der Waals surface area contributed by atoms with Crippen LogP contribution in [-0.2, 0) is 4.79 Å². The van der Waals surface area contributed by atoms with E-state index in [0.29, 0.717) is 6.04 Å². The van der Waals surface area contributed by atoms with E-state index in [0.717, 1.165) is 17.9 Å². The molecule has 0 aromatic heterocycles. The van der Waals surface area contributed by atoms with E-state index in [1.54, 1.807) is 10.8 Å². The topological polar surface area (TPSA) is 41.1 Å². The minimum absolute atomic E-state index is 0.318. The van der Waals surface area contributed by atoms with Crippen molar-refractivity contribution >= 4 is 43.3 Å². The summed E-state index contributed by atoms with van der Waals surface area (Å²) in [5.74, 6) is 1.01. The summed E-state index contributed by atoms with van der Waals surface area (Å²) >= 11 is 0. The summed E-state index contributed by atoms with van der Waals surface area (Å²) in [7, 11) is 14.1. The molecule has 0 saturated carbocycles. The lowest BCUT2D eigenvalue weighted by Crippen LogP contribution is -2.49. The second kappa shape index (κ2) is 5.88. The molecule has 0 aromatic carbocycles. The first-order valence-electron chi connectivity index (χ1n) is 4.00. The van der Waals surface area contributed by atoms with Gasteiger partial charge in [0.15, 0.2) is 0 Å². The maximum atomic E-state index is 10.9. The Morgan fingerprint density at radius 2 is 2.31 bits per heavy atom. The molecule has 68 valence electrons. The zero-order valence-corrected chi connectivity index (χ0v) is 8.79. The SMILES string of the molecule is [B]NC(=O)C([B])NC1CCSSC1. The van der Waals surface area contributed by atoms with E-state index in [2.05, 4.69) is 5.32 Å². The summed E-state index contributed by atoms with van der Waals surface area (Å²) in [5.41, 5.74) is 0. The predicted molar refractivity (Wildman–Crippen MR) is 59.9 cm³/mol. The van der Waals surface area contributed by atoms with Crippen molar-refractivity contribution in [1.82, 2.24) is 10.5 Å². The van der Waals surface area contributed by atoms with Crippen LogP contribution in [0.1, 0.15) is 6.42 Å². The molecule has 1 amide bonds. The molecule has 1 saturated heterocycles. The van der Waals surface area contributed by atoms with Crippen LogP contribution < -0.4 is 10.5 Å². The Hall–Kier alpha value is 0.260. The Balaban J connectivity index is 2.25. The molecular weight excluding hydrogens is 202 g/mol. The summed E-state index contributed by atoms with van der Waals surface area (Å²) in [4.78, 5) is 10.9. The molecule has 1 rings (SSSR count). The third-order valence-electron chi connectivity index (χ3n) is 1.74. The number of hydrogen-bond acceptors (Lipinski definition) is 4. The van der Waals surface area contributed by atoms with Gasteiger partial charge in [0.05, 0.1) is 0 Å². The van der Waals surface area contributed by atoms with Gasteiger partial charge in [0.25, 0.3) is 0 Å². The van der Waals surface area contributed by atoms with Gasteiger partial charge in [-0.25, -0.2) is 0 Å². The molecule has 2 unspecified atom stereocenters. The molecule has 1 aliphatic heterocycles. The lowest BCUT2D eigenvalue weighted by atomic mass is 9.94. The van der Waals surface area contributed by atoms with E-state index in [-0.39, 0.29) is 5.91 Å². The zero-order chi connectivity index (χ0) is 9.68. The summed E-state index contributed by atoms with van der Waals surface area (Å²) < 4.78 is 0. The smallest absolute Gasteiger partial charge is 0.226 e. The van der Waals surface area contributed by atoms with E-state index >= 15 is 0 Å². The highest BCUT2D eigenvalue weighted by Gasteiger charge is 2.18. The number of carbonyl (C=O) groups excluding carboxylic acids is 1. The van der Waals surface area contributed by atoms with Crippen LogP contribution in [0.4, 0.5) is 0 Å². The van der Waals surface area contributed by atoms with Crippen LogP contribution in [0, 0.1) is 0 Å². The van der Waals surface area contributed by atoms with Gasteiger partial charge in [0, 0.05) is 23.5 Å². The molecular formula is C6H10B2N2OS2. The van der Waals surface area contributed by atoms with Gasteiger partial charge in [-0.1, -0.05) is 21.6 Å². The minimum atomic E-state index is -0.696. The molecule has 4 radical (unpaired) electrons. The highest BCUT2D eigenvalue weighted by molar-refractivity contribution is 8.76. The Labute approximate surface area is 88.8 Å². The number of nitrogens with one attached hydrogen (secondary N) is 2. The third kappa shape index (κ3) is 3.87. The largest absolute Gasteiger partial charge is 0.408 e. The van der Waals surface area contributed by atoms with E-state index in [1.165, 1.54) is 0 Å². The third-order valence-corrected chi connectivity index (χ3v) is 4.26. The second-order valence-corrected chi connectivity index (χ2v) is 5.37. The van der Waals surface area contributed by atoms with E-state index in [9.17, 15) is 4.79 Å². The number of rotatable bonds is 3. The van der Waals surface area contributed by atoms with Crippen LogP contribution in [0.25, 0.3) is 0 Å². The highest BCUT2D eigenvalue weighted by Crippen LogP contribution is 2.29. The predicted octanol–water partition coefficient (Wildman–Crippen LogP) is -0.576. The van der Waals surface area contributed by atoms with Gasteiger partial charge < -0.3 is 10.5 Å². The van der Waals surface area contributed by atoms with Crippen LogP contribution in [0.15, 0.2) is 0 Å². The van der Waals surface area contributed by atoms with Crippen LogP contribution in [0.2, 0.25) is 0 Å². The molecule has 1 heterocycles. The fraction of sp³-hybridized carbons (Fsp3) is 0.833.